The number of aromatic amines is 1. The van der Waals surface area contributed by atoms with Gasteiger partial charge >= 0.3 is 0 Å². The highest BCUT2D eigenvalue weighted by Crippen LogP contribution is 2.17. The second-order valence-corrected chi connectivity index (χ2v) is 4.43. The van der Waals surface area contributed by atoms with Crippen molar-refractivity contribution >= 4 is 22.8 Å². The van der Waals surface area contributed by atoms with Crippen molar-refractivity contribution in [3.63, 3.8) is 0 Å². The molecule has 90 valence electrons. The monoisotopic (exact) mass is 240 g/mol. The third-order valence-corrected chi connectivity index (χ3v) is 2.62. The van der Waals surface area contributed by atoms with E-state index in [2.05, 4.69) is 26.5 Å². The zero-order valence-corrected chi connectivity index (χ0v) is 10.1. The van der Waals surface area contributed by atoms with Gasteiger partial charge in [-0.15, -0.1) is 0 Å². The topological polar surface area (TPSA) is 81.8 Å². The Labute approximate surface area is 103 Å². The van der Waals surface area contributed by atoms with E-state index in [4.69, 9.17) is 5.26 Å². The third kappa shape index (κ3) is 1.57. The average Bonchev–Trinajstić information content (AvgIpc) is 2.83. The highest BCUT2D eigenvalue weighted by molar-refractivity contribution is 5.80. The van der Waals surface area contributed by atoms with Gasteiger partial charge in [-0.3, -0.25) is 5.10 Å². The maximum atomic E-state index is 8.85. The number of benzene rings is 1. The highest BCUT2D eigenvalue weighted by Gasteiger charge is 2.10. The van der Waals surface area contributed by atoms with Crippen LogP contribution in [0, 0.1) is 11.3 Å². The summed E-state index contributed by atoms with van der Waals surface area (Å²) in [7, 11) is 0. The van der Waals surface area contributed by atoms with Crippen LogP contribution in [0.5, 0.6) is 0 Å². The lowest BCUT2D eigenvalue weighted by Crippen LogP contribution is -2.10. The Morgan fingerprint density at radius 3 is 2.94 bits per heavy atom. The van der Waals surface area contributed by atoms with Crippen molar-refractivity contribution < 1.29 is 0 Å². The summed E-state index contributed by atoms with van der Waals surface area (Å²) in [6.45, 7) is 4.09. The number of imidazole rings is 1. The van der Waals surface area contributed by atoms with Crippen molar-refractivity contribution in [2.24, 2.45) is 0 Å². The fourth-order valence-electron chi connectivity index (χ4n) is 1.89. The summed E-state index contributed by atoms with van der Waals surface area (Å²) in [5.41, 5.74) is 2.28. The number of fused-ring (bicyclic) bond motifs is 3. The van der Waals surface area contributed by atoms with Gasteiger partial charge in [0.25, 0.3) is 5.78 Å². The number of H-pyrrole nitrogens is 1. The highest BCUT2D eigenvalue weighted by atomic mass is 15.4. The predicted octanol–water partition coefficient (Wildman–Crippen LogP) is 1.90. The number of anilines is 1. The molecule has 0 amide bonds. The van der Waals surface area contributed by atoms with Crippen LogP contribution >= 0.6 is 0 Å². The number of nitrogens with one attached hydrogen (secondary N) is 2. The van der Waals surface area contributed by atoms with Crippen LogP contribution in [-0.4, -0.2) is 25.6 Å². The molecule has 0 fully saturated rings. The first kappa shape index (κ1) is 10.6. The predicted molar refractivity (Wildman–Crippen MR) is 68.3 cm³/mol. The molecule has 0 aliphatic carbocycles. The SMILES string of the molecule is CC(C)Nc1nc2nc3cc(C#N)ccc3n2[nH]1. The Hall–Kier alpha value is -2.55. The van der Waals surface area contributed by atoms with Crippen molar-refractivity contribution in [3.05, 3.63) is 23.8 Å². The van der Waals surface area contributed by atoms with E-state index < -0.39 is 0 Å². The van der Waals surface area contributed by atoms with Gasteiger partial charge in [0.15, 0.2) is 0 Å². The standard InChI is InChI=1S/C12H12N6/c1-7(2)14-11-16-12-15-9-5-8(6-13)3-4-10(9)18(12)17-11/h3-5,7H,1-2H3,(H2,14,15,16,17). The van der Waals surface area contributed by atoms with Crippen molar-refractivity contribution in [3.8, 4) is 6.07 Å². The van der Waals surface area contributed by atoms with E-state index in [1.54, 1.807) is 16.6 Å². The Morgan fingerprint density at radius 2 is 2.22 bits per heavy atom. The quantitative estimate of drug-likeness (QED) is 0.716. The smallest absolute Gasteiger partial charge is 0.253 e. The van der Waals surface area contributed by atoms with Crippen LogP contribution in [0.1, 0.15) is 19.4 Å². The molecule has 6 heteroatoms. The van der Waals surface area contributed by atoms with Gasteiger partial charge in [-0.2, -0.15) is 10.2 Å². The molecule has 0 saturated carbocycles. The van der Waals surface area contributed by atoms with E-state index >= 15 is 0 Å². The minimum atomic E-state index is 0.303. The van der Waals surface area contributed by atoms with Crippen LogP contribution < -0.4 is 5.32 Å². The normalized spacial score (nSPS) is 11.2. The van der Waals surface area contributed by atoms with E-state index in [0.717, 1.165) is 11.0 Å². The van der Waals surface area contributed by atoms with Gasteiger partial charge in [0.05, 0.1) is 22.7 Å². The van der Waals surface area contributed by atoms with Gasteiger partial charge in [0, 0.05) is 6.04 Å². The first-order valence-corrected chi connectivity index (χ1v) is 5.72. The zero-order chi connectivity index (χ0) is 12.7. The third-order valence-electron chi connectivity index (χ3n) is 2.62. The average molecular weight is 240 g/mol. The van der Waals surface area contributed by atoms with Crippen molar-refractivity contribution in [2.45, 2.75) is 19.9 Å². The summed E-state index contributed by atoms with van der Waals surface area (Å²) in [5, 5.41) is 15.2. The molecule has 2 N–H and O–H groups in total. The fourth-order valence-corrected chi connectivity index (χ4v) is 1.89. The summed E-state index contributed by atoms with van der Waals surface area (Å²) in [5.74, 6) is 1.29. The van der Waals surface area contributed by atoms with Gasteiger partial charge in [-0.25, -0.2) is 9.50 Å². The summed E-state index contributed by atoms with van der Waals surface area (Å²) in [4.78, 5) is 8.73. The van der Waals surface area contributed by atoms with Gasteiger partial charge in [-0.05, 0) is 32.0 Å². The zero-order valence-electron chi connectivity index (χ0n) is 10.1. The minimum Gasteiger partial charge on any atom is -0.352 e. The van der Waals surface area contributed by atoms with Crippen LogP contribution in [0.25, 0.3) is 16.8 Å². The molecular weight excluding hydrogens is 228 g/mol. The fraction of sp³-hybridized carbons (Fsp3) is 0.250. The molecule has 18 heavy (non-hydrogen) atoms. The molecule has 0 radical (unpaired) electrons. The van der Waals surface area contributed by atoms with Crippen molar-refractivity contribution in [2.75, 3.05) is 5.32 Å². The van der Waals surface area contributed by atoms with Crippen LogP contribution in [0.15, 0.2) is 18.2 Å². The lowest BCUT2D eigenvalue weighted by molar-refractivity contribution is 0.870. The summed E-state index contributed by atoms with van der Waals surface area (Å²) in [6, 6.07) is 7.80. The van der Waals surface area contributed by atoms with Gasteiger partial charge in [-0.1, -0.05) is 0 Å². The number of rotatable bonds is 2. The summed E-state index contributed by atoms with van der Waals surface area (Å²) >= 11 is 0. The molecule has 0 aliphatic rings. The van der Waals surface area contributed by atoms with Crippen LogP contribution in [-0.2, 0) is 0 Å². The van der Waals surface area contributed by atoms with Gasteiger partial charge in [0.2, 0.25) is 5.95 Å². The maximum absolute atomic E-state index is 8.85. The van der Waals surface area contributed by atoms with Crippen LogP contribution in [0.3, 0.4) is 0 Å². The van der Waals surface area contributed by atoms with Crippen LogP contribution in [0.4, 0.5) is 5.95 Å². The molecular formula is C12H12N6. The maximum Gasteiger partial charge on any atom is 0.253 e. The second kappa shape index (κ2) is 3.74. The Balaban J connectivity index is 2.17. The summed E-state index contributed by atoms with van der Waals surface area (Å²) in [6.07, 6.45) is 0. The van der Waals surface area contributed by atoms with Crippen molar-refractivity contribution in [1.29, 1.82) is 5.26 Å². The molecule has 0 aliphatic heterocycles. The largest absolute Gasteiger partial charge is 0.352 e. The molecule has 2 heterocycles. The molecule has 0 unspecified atom stereocenters. The number of nitriles is 1. The molecule has 6 nitrogen and oxygen atoms in total. The second-order valence-electron chi connectivity index (χ2n) is 4.43. The number of nitrogens with zero attached hydrogens (tertiary/aromatic N) is 4. The number of hydrogen-bond donors (Lipinski definition) is 2. The van der Waals surface area contributed by atoms with E-state index in [0.29, 0.717) is 23.3 Å². The Kier molecular flexibility index (Phi) is 2.20. The summed E-state index contributed by atoms with van der Waals surface area (Å²) < 4.78 is 1.81. The molecule has 0 saturated heterocycles. The minimum absolute atomic E-state index is 0.303. The van der Waals surface area contributed by atoms with Crippen LogP contribution in [0.2, 0.25) is 0 Å². The lowest BCUT2D eigenvalue weighted by Gasteiger charge is -2.04. The molecule has 3 rings (SSSR count). The first-order valence-electron chi connectivity index (χ1n) is 5.72. The molecule has 3 aromatic rings. The van der Waals surface area contributed by atoms with Crippen molar-refractivity contribution in [1.82, 2.24) is 19.6 Å². The Morgan fingerprint density at radius 1 is 1.39 bits per heavy atom. The van der Waals surface area contributed by atoms with E-state index in [9.17, 15) is 0 Å². The van der Waals surface area contributed by atoms with E-state index in [1.165, 1.54) is 0 Å². The molecule has 0 bridgehead atoms. The Bertz CT molecular complexity index is 758. The number of aromatic nitrogens is 4. The van der Waals surface area contributed by atoms with E-state index in [1.807, 2.05) is 19.9 Å². The van der Waals surface area contributed by atoms with Gasteiger partial charge in [0.1, 0.15) is 0 Å². The lowest BCUT2D eigenvalue weighted by atomic mass is 10.2. The molecule has 2 aromatic heterocycles. The van der Waals surface area contributed by atoms with E-state index in [-0.39, 0.29) is 0 Å². The molecule has 0 atom stereocenters. The van der Waals surface area contributed by atoms with Gasteiger partial charge < -0.3 is 5.32 Å². The first-order chi connectivity index (χ1) is 8.67. The number of hydrogen-bond acceptors (Lipinski definition) is 4. The molecule has 0 spiro atoms. The molecule has 1 aromatic carbocycles.